The molecule has 6 rings (SSSR count). The van der Waals surface area contributed by atoms with Crippen LogP contribution in [-0.2, 0) is 4.74 Å². The largest absolute Gasteiger partial charge is 0.342 e. The van der Waals surface area contributed by atoms with E-state index in [0.717, 1.165) is 10.6 Å². The molecule has 2 unspecified atom stereocenters. The van der Waals surface area contributed by atoms with Gasteiger partial charge in [-0.2, -0.15) is 0 Å². The van der Waals surface area contributed by atoms with Gasteiger partial charge >= 0.3 is 0 Å². The molecule has 2 heterocycles. The van der Waals surface area contributed by atoms with Crippen molar-refractivity contribution in [1.82, 2.24) is 0 Å². The second-order valence-electron chi connectivity index (χ2n) is 7.47. The van der Waals surface area contributed by atoms with E-state index in [4.69, 9.17) is 16.3 Å². The summed E-state index contributed by atoms with van der Waals surface area (Å²) < 4.78 is 6.70. The standard InChI is InChI=1S/C26H18ClNO/c27-20-13-9-19(10-14-20)26-25-21-7-3-1-5-17(21)11-15-23(25)28-22-8-4-2-6-18(22)12-16-24(28)29-26/h1-16,24,26H. The van der Waals surface area contributed by atoms with Crippen LogP contribution in [0.15, 0.2) is 91.0 Å². The molecule has 0 aliphatic carbocycles. The van der Waals surface area contributed by atoms with Gasteiger partial charge < -0.3 is 9.64 Å². The Bertz CT molecular complexity index is 1260. The van der Waals surface area contributed by atoms with Gasteiger partial charge in [-0.15, -0.1) is 0 Å². The molecule has 2 nitrogen and oxygen atoms in total. The number of benzene rings is 4. The van der Waals surface area contributed by atoms with Crippen molar-refractivity contribution < 1.29 is 4.74 Å². The van der Waals surface area contributed by atoms with Crippen LogP contribution in [0.5, 0.6) is 0 Å². The Morgan fingerprint density at radius 2 is 1.55 bits per heavy atom. The highest BCUT2D eigenvalue weighted by molar-refractivity contribution is 6.30. The molecular formula is C26H18ClNO. The number of rotatable bonds is 1. The molecule has 140 valence electrons. The number of anilines is 2. The van der Waals surface area contributed by atoms with Crippen molar-refractivity contribution in [2.45, 2.75) is 12.3 Å². The van der Waals surface area contributed by atoms with Gasteiger partial charge in [-0.1, -0.05) is 78.3 Å². The number of hydrogen-bond donors (Lipinski definition) is 0. The zero-order chi connectivity index (χ0) is 19.4. The minimum absolute atomic E-state index is 0.153. The van der Waals surface area contributed by atoms with Crippen LogP contribution in [0.3, 0.4) is 0 Å². The van der Waals surface area contributed by atoms with Gasteiger partial charge in [0.25, 0.3) is 0 Å². The summed E-state index contributed by atoms with van der Waals surface area (Å²) in [4.78, 5) is 2.31. The van der Waals surface area contributed by atoms with Crippen LogP contribution in [0.2, 0.25) is 5.02 Å². The Hall–Kier alpha value is -3.07. The van der Waals surface area contributed by atoms with Crippen LogP contribution in [0.4, 0.5) is 11.4 Å². The Balaban J connectivity index is 1.64. The average Bonchev–Trinajstić information content (AvgIpc) is 2.78. The second-order valence-corrected chi connectivity index (χ2v) is 7.90. The normalized spacial score (nSPS) is 19.6. The van der Waals surface area contributed by atoms with Gasteiger partial charge in [-0.25, -0.2) is 0 Å². The molecule has 0 radical (unpaired) electrons. The maximum absolute atomic E-state index is 6.70. The third-order valence-corrected chi connectivity index (χ3v) is 6.06. The first kappa shape index (κ1) is 16.8. The lowest BCUT2D eigenvalue weighted by molar-refractivity contribution is 0.0312. The van der Waals surface area contributed by atoms with Gasteiger partial charge in [0.05, 0.1) is 11.4 Å². The molecule has 0 saturated heterocycles. The van der Waals surface area contributed by atoms with Crippen LogP contribution in [-0.4, -0.2) is 6.23 Å². The number of nitrogens with zero attached hydrogens (tertiary/aromatic N) is 1. The van der Waals surface area contributed by atoms with E-state index in [1.165, 1.54) is 33.3 Å². The van der Waals surface area contributed by atoms with E-state index in [1.807, 2.05) is 12.1 Å². The number of halogens is 1. The van der Waals surface area contributed by atoms with Crippen LogP contribution < -0.4 is 4.90 Å². The van der Waals surface area contributed by atoms with E-state index >= 15 is 0 Å². The molecule has 0 aromatic heterocycles. The summed E-state index contributed by atoms with van der Waals surface area (Å²) in [6, 6.07) is 29.4. The zero-order valence-electron chi connectivity index (χ0n) is 15.6. The molecule has 2 aliphatic heterocycles. The summed E-state index contributed by atoms with van der Waals surface area (Å²) in [6.45, 7) is 0. The first-order valence-electron chi connectivity index (χ1n) is 9.79. The first-order chi connectivity index (χ1) is 14.3. The molecule has 3 heteroatoms. The monoisotopic (exact) mass is 395 g/mol. The van der Waals surface area contributed by atoms with E-state index in [2.05, 4.69) is 89.8 Å². The van der Waals surface area contributed by atoms with Gasteiger partial charge in [0, 0.05) is 10.6 Å². The van der Waals surface area contributed by atoms with E-state index in [-0.39, 0.29) is 12.3 Å². The molecule has 0 saturated carbocycles. The number of ether oxygens (including phenoxy) is 1. The van der Waals surface area contributed by atoms with Crippen molar-refractivity contribution in [1.29, 1.82) is 0 Å². The van der Waals surface area contributed by atoms with Crippen molar-refractivity contribution in [2.75, 3.05) is 4.90 Å². The Labute approximate surface area is 174 Å². The van der Waals surface area contributed by atoms with Crippen molar-refractivity contribution in [3.05, 3.63) is 113 Å². The van der Waals surface area contributed by atoms with Gasteiger partial charge in [0.15, 0.2) is 6.23 Å². The molecule has 2 aliphatic rings. The lowest BCUT2D eigenvalue weighted by atomic mass is 9.90. The molecule has 0 spiro atoms. The van der Waals surface area contributed by atoms with Gasteiger partial charge in [0.1, 0.15) is 6.10 Å². The first-order valence-corrected chi connectivity index (χ1v) is 10.2. The van der Waals surface area contributed by atoms with Gasteiger partial charge in [-0.05, 0) is 52.2 Å². The lowest BCUT2D eigenvalue weighted by Gasteiger charge is -2.44. The van der Waals surface area contributed by atoms with Crippen LogP contribution in [0, 0.1) is 0 Å². The summed E-state index contributed by atoms with van der Waals surface area (Å²) in [7, 11) is 0. The molecule has 2 atom stereocenters. The number of para-hydroxylation sites is 1. The van der Waals surface area contributed by atoms with Gasteiger partial charge in [0.2, 0.25) is 0 Å². The molecule has 0 amide bonds. The molecule has 4 aromatic rings. The minimum Gasteiger partial charge on any atom is -0.342 e. The Morgan fingerprint density at radius 1 is 0.759 bits per heavy atom. The summed E-state index contributed by atoms with van der Waals surface area (Å²) in [5.74, 6) is 0. The number of hydrogen-bond acceptors (Lipinski definition) is 2. The maximum atomic E-state index is 6.70. The zero-order valence-corrected chi connectivity index (χ0v) is 16.4. The van der Waals surface area contributed by atoms with E-state index in [9.17, 15) is 0 Å². The van der Waals surface area contributed by atoms with Crippen LogP contribution in [0.25, 0.3) is 16.8 Å². The summed E-state index contributed by atoms with van der Waals surface area (Å²) >= 11 is 6.15. The van der Waals surface area contributed by atoms with Crippen LogP contribution >= 0.6 is 11.6 Å². The molecular weight excluding hydrogens is 378 g/mol. The van der Waals surface area contributed by atoms with Crippen LogP contribution in [0.1, 0.15) is 22.8 Å². The molecule has 0 bridgehead atoms. The predicted octanol–water partition coefficient (Wildman–Crippen LogP) is 7.10. The molecule has 0 N–H and O–H groups in total. The maximum Gasteiger partial charge on any atom is 0.155 e. The topological polar surface area (TPSA) is 12.5 Å². The molecule has 0 fully saturated rings. The summed E-state index contributed by atoms with van der Waals surface area (Å²) in [5.41, 5.74) is 5.88. The Morgan fingerprint density at radius 3 is 2.45 bits per heavy atom. The molecule has 4 aromatic carbocycles. The van der Waals surface area contributed by atoms with Crippen molar-refractivity contribution in [2.24, 2.45) is 0 Å². The third kappa shape index (κ3) is 2.61. The summed E-state index contributed by atoms with van der Waals surface area (Å²) in [6.07, 6.45) is 3.98. The highest BCUT2D eigenvalue weighted by Gasteiger charge is 2.37. The van der Waals surface area contributed by atoms with Crippen molar-refractivity contribution in [3.8, 4) is 0 Å². The van der Waals surface area contributed by atoms with E-state index < -0.39 is 0 Å². The van der Waals surface area contributed by atoms with Crippen molar-refractivity contribution in [3.63, 3.8) is 0 Å². The summed E-state index contributed by atoms with van der Waals surface area (Å²) in [5, 5.41) is 3.17. The van der Waals surface area contributed by atoms with Crippen molar-refractivity contribution >= 4 is 39.8 Å². The SMILES string of the molecule is Clc1ccc(C2OC3C=Cc4ccccc4N3c3ccc4ccccc4c32)cc1. The fourth-order valence-corrected chi connectivity index (χ4v) is 4.62. The highest BCUT2D eigenvalue weighted by atomic mass is 35.5. The minimum atomic E-state index is -0.162. The third-order valence-electron chi connectivity index (χ3n) is 5.81. The highest BCUT2D eigenvalue weighted by Crippen LogP contribution is 2.49. The van der Waals surface area contributed by atoms with E-state index in [1.54, 1.807) is 0 Å². The second kappa shape index (κ2) is 6.48. The average molecular weight is 396 g/mol. The predicted molar refractivity (Wildman–Crippen MR) is 120 cm³/mol. The Kier molecular flexibility index (Phi) is 3.77. The van der Waals surface area contributed by atoms with Gasteiger partial charge in [-0.3, -0.25) is 0 Å². The number of fused-ring (bicyclic) bond motifs is 7. The fourth-order valence-electron chi connectivity index (χ4n) is 4.49. The van der Waals surface area contributed by atoms with E-state index in [0.29, 0.717) is 0 Å². The molecule has 29 heavy (non-hydrogen) atoms. The lowest BCUT2D eigenvalue weighted by Crippen LogP contribution is -2.40. The smallest absolute Gasteiger partial charge is 0.155 e. The fraction of sp³-hybridized carbons (Fsp3) is 0.0769. The quantitative estimate of drug-likeness (QED) is 0.340.